The molecule has 3 rings (SSSR count). The van der Waals surface area contributed by atoms with Gasteiger partial charge in [-0.05, 0) is 29.7 Å². The van der Waals surface area contributed by atoms with Crippen LogP contribution >= 0.6 is 0 Å². The summed E-state index contributed by atoms with van der Waals surface area (Å²) in [5, 5.41) is 13.8. The molecule has 0 radical (unpaired) electrons. The second kappa shape index (κ2) is 9.76. The van der Waals surface area contributed by atoms with Crippen molar-refractivity contribution in [3.05, 3.63) is 102 Å². The molecule has 2 N–H and O–H groups in total. The lowest BCUT2D eigenvalue weighted by Crippen LogP contribution is -2.34. The third-order valence-corrected chi connectivity index (χ3v) is 4.27. The zero-order valence-electron chi connectivity index (χ0n) is 14.8. The molecule has 1 aliphatic rings. The van der Waals surface area contributed by atoms with Crippen molar-refractivity contribution in [2.24, 2.45) is 0 Å². The molecule has 0 bridgehead atoms. The van der Waals surface area contributed by atoms with Gasteiger partial charge in [-0.1, -0.05) is 78.9 Å². The SMILES string of the molecule is OC(CNC(C1=CC=CC=CC1)c1ccccc1)COc1ccccc1. The van der Waals surface area contributed by atoms with E-state index < -0.39 is 6.10 Å². The molecule has 3 heteroatoms. The third kappa shape index (κ3) is 5.45. The van der Waals surface area contributed by atoms with Crippen molar-refractivity contribution < 1.29 is 9.84 Å². The summed E-state index contributed by atoms with van der Waals surface area (Å²) < 4.78 is 5.64. The molecule has 134 valence electrons. The number of allylic oxidation sites excluding steroid dienone is 5. The summed E-state index contributed by atoms with van der Waals surface area (Å²) in [4.78, 5) is 0. The summed E-state index contributed by atoms with van der Waals surface area (Å²) in [6.07, 6.45) is 10.8. The van der Waals surface area contributed by atoms with Gasteiger partial charge >= 0.3 is 0 Å². The number of nitrogens with one attached hydrogen (secondary N) is 1. The molecule has 0 saturated heterocycles. The highest BCUT2D eigenvalue weighted by atomic mass is 16.5. The first-order valence-electron chi connectivity index (χ1n) is 8.99. The first-order chi connectivity index (χ1) is 12.8. The molecular formula is C23H25NO2. The molecule has 0 aromatic heterocycles. The van der Waals surface area contributed by atoms with Gasteiger partial charge in [0.25, 0.3) is 0 Å². The van der Waals surface area contributed by atoms with E-state index in [1.165, 1.54) is 11.1 Å². The lowest BCUT2D eigenvalue weighted by Gasteiger charge is -2.23. The topological polar surface area (TPSA) is 41.5 Å². The molecule has 0 heterocycles. The molecule has 0 amide bonds. The first-order valence-corrected chi connectivity index (χ1v) is 8.99. The molecule has 2 aromatic carbocycles. The largest absolute Gasteiger partial charge is 0.491 e. The molecular weight excluding hydrogens is 322 g/mol. The zero-order chi connectivity index (χ0) is 18.0. The fraction of sp³-hybridized carbons (Fsp3) is 0.217. The molecule has 1 aliphatic carbocycles. The van der Waals surface area contributed by atoms with E-state index in [1.807, 2.05) is 54.6 Å². The summed E-state index contributed by atoms with van der Waals surface area (Å²) in [5.74, 6) is 0.771. The van der Waals surface area contributed by atoms with Crippen LogP contribution in [0.3, 0.4) is 0 Å². The summed E-state index contributed by atoms with van der Waals surface area (Å²) in [7, 11) is 0. The monoisotopic (exact) mass is 347 g/mol. The minimum absolute atomic E-state index is 0.0648. The fourth-order valence-electron chi connectivity index (χ4n) is 2.94. The Kier molecular flexibility index (Phi) is 6.82. The van der Waals surface area contributed by atoms with Crippen molar-refractivity contribution in [3.63, 3.8) is 0 Å². The predicted octanol–water partition coefficient (Wildman–Crippen LogP) is 4.20. The molecule has 0 spiro atoms. The van der Waals surface area contributed by atoms with E-state index in [1.54, 1.807) is 0 Å². The van der Waals surface area contributed by atoms with Crippen molar-refractivity contribution >= 4 is 0 Å². The van der Waals surface area contributed by atoms with Crippen LogP contribution in [0.25, 0.3) is 0 Å². The molecule has 0 aliphatic heterocycles. The number of benzene rings is 2. The van der Waals surface area contributed by atoms with Crippen LogP contribution in [0.4, 0.5) is 0 Å². The van der Waals surface area contributed by atoms with Crippen molar-refractivity contribution in [2.45, 2.75) is 18.6 Å². The van der Waals surface area contributed by atoms with Gasteiger partial charge in [0.15, 0.2) is 0 Å². The number of rotatable bonds is 8. The molecule has 2 unspecified atom stereocenters. The standard InChI is InChI=1S/C23H25NO2/c25-21(18-26-22-15-9-4-10-16-22)17-24-23(20-13-7-3-8-14-20)19-11-5-1-2-6-12-19/h1-11,13-16,21,23-25H,12,17-18H2. The lowest BCUT2D eigenvalue weighted by atomic mass is 9.96. The molecule has 0 saturated carbocycles. The van der Waals surface area contributed by atoms with Crippen LogP contribution in [0.2, 0.25) is 0 Å². The van der Waals surface area contributed by atoms with Gasteiger partial charge in [-0.15, -0.1) is 0 Å². The lowest BCUT2D eigenvalue weighted by molar-refractivity contribution is 0.104. The second-order valence-corrected chi connectivity index (χ2v) is 6.29. The Morgan fingerprint density at radius 3 is 2.42 bits per heavy atom. The second-order valence-electron chi connectivity index (χ2n) is 6.29. The van der Waals surface area contributed by atoms with Crippen LogP contribution < -0.4 is 10.1 Å². The van der Waals surface area contributed by atoms with E-state index in [9.17, 15) is 5.11 Å². The van der Waals surface area contributed by atoms with Crippen molar-refractivity contribution in [1.82, 2.24) is 5.32 Å². The molecule has 2 atom stereocenters. The van der Waals surface area contributed by atoms with E-state index in [2.05, 4.69) is 41.8 Å². The van der Waals surface area contributed by atoms with E-state index in [0.717, 1.165) is 12.2 Å². The maximum absolute atomic E-state index is 10.3. The zero-order valence-corrected chi connectivity index (χ0v) is 14.8. The van der Waals surface area contributed by atoms with Gasteiger partial charge in [0.05, 0.1) is 6.04 Å². The van der Waals surface area contributed by atoms with Crippen molar-refractivity contribution in [1.29, 1.82) is 0 Å². The van der Waals surface area contributed by atoms with Crippen molar-refractivity contribution in [3.8, 4) is 5.75 Å². The quantitative estimate of drug-likeness (QED) is 0.752. The number of hydrogen-bond acceptors (Lipinski definition) is 3. The fourth-order valence-corrected chi connectivity index (χ4v) is 2.94. The number of hydrogen-bond donors (Lipinski definition) is 2. The van der Waals surface area contributed by atoms with Crippen LogP contribution in [-0.4, -0.2) is 24.4 Å². The third-order valence-electron chi connectivity index (χ3n) is 4.27. The minimum Gasteiger partial charge on any atom is -0.491 e. The van der Waals surface area contributed by atoms with Crippen LogP contribution in [0.1, 0.15) is 18.0 Å². The normalized spacial score (nSPS) is 15.8. The summed E-state index contributed by atoms with van der Waals surface area (Å²) in [5.41, 5.74) is 2.47. The highest BCUT2D eigenvalue weighted by molar-refractivity contribution is 5.33. The minimum atomic E-state index is -0.584. The Bertz CT molecular complexity index is 750. The summed E-state index contributed by atoms with van der Waals surface area (Å²) >= 11 is 0. The molecule has 3 nitrogen and oxygen atoms in total. The smallest absolute Gasteiger partial charge is 0.119 e. The van der Waals surface area contributed by atoms with Crippen LogP contribution in [0.15, 0.2) is 96.6 Å². The number of ether oxygens (including phenoxy) is 1. The van der Waals surface area contributed by atoms with Crippen molar-refractivity contribution in [2.75, 3.05) is 13.2 Å². The number of aliphatic hydroxyl groups excluding tert-OH is 1. The molecule has 2 aromatic rings. The highest BCUT2D eigenvalue weighted by Gasteiger charge is 2.17. The maximum Gasteiger partial charge on any atom is 0.119 e. The molecule has 0 fully saturated rings. The van der Waals surface area contributed by atoms with Crippen LogP contribution in [0.5, 0.6) is 5.75 Å². The molecule has 26 heavy (non-hydrogen) atoms. The Labute approximate surface area is 155 Å². The van der Waals surface area contributed by atoms with Gasteiger partial charge in [-0.2, -0.15) is 0 Å². The Hall–Kier alpha value is -2.62. The summed E-state index contributed by atoms with van der Waals surface area (Å²) in [6.45, 7) is 0.717. The van der Waals surface area contributed by atoms with Gasteiger partial charge in [-0.25, -0.2) is 0 Å². The van der Waals surface area contributed by atoms with Gasteiger partial charge in [-0.3, -0.25) is 0 Å². The Balaban J connectivity index is 1.61. The first kappa shape index (κ1) is 18.2. The summed E-state index contributed by atoms with van der Waals surface area (Å²) in [6, 6.07) is 20.0. The van der Waals surface area contributed by atoms with Gasteiger partial charge in [0.2, 0.25) is 0 Å². The number of aliphatic hydroxyl groups is 1. The van der Waals surface area contributed by atoms with Gasteiger partial charge < -0.3 is 15.2 Å². The van der Waals surface area contributed by atoms with E-state index >= 15 is 0 Å². The van der Waals surface area contributed by atoms with Gasteiger partial charge in [0.1, 0.15) is 18.5 Å². The average molecular weight is 347 g/mol. The van der Waals surface area contributed by atoms with E-state index in [-0.39, 0.29) is 12.6 Å². The van der Waals surface area contributed by atoms with E-state index in [4.69, 9.17) is 4.74 Å². The predicted molar refractivity (Wildman–Crippen MR) is 106 cm³/mol. The van der Waals surface area contributed by atoms with E-state index in [0.29, 0.717) is 6.54 Å². The van der Waals surface area contributed by atoms with Crippen LogP contribution in [0, 0.1) is 0 Å². The average Bonchev–Trinajstić information content (AvgIpc) is 2.98. The Morgan fingerprint density at radius 2 is 1.65 bits per heavy atom. The number of para-hydroxylation sites is 1. The maximum atomic E-state index is 10.3. The van der Waals surface area contributed by atoms with Gasteiger partial charge in [0, 0.05) is 6.54 Å². The van der Waals surface area contributed by atoms with Crippen LogP contribution in [-0.2, 0) is 0 Å². The highest BCUT2D eigenvalue weighted by Crippen LogP contribution is 2.25. The Morgan fingerprint density at radius 1 is 0.923 bits per heavy atom.